The van der Waals surface area contributed by atoms with Crippen molar-refractivity contribution in [1.82, 2.24) is 10.7 Å². The van der Waals surface area contributed by atoms with E-state index in [1.165, 1.54) is 6.08 Å². The zero-order valence-electron chi connectivity index (χ0n) is 15.3. The second-order valence-electron chi connectivity index (χ2n) is 5.69. The summed E-state index contributed by atoms with van der Waals surface area (Å²) in [4.78, 5) is 23.6. The first-order valence-electron chi connectivity index (χ1n) is 8.27. The molecule has 0 aliphatic rings. The van der Waals surface area contributed by atoms with Crippen molar-refractivity contribution in [3.63, 3.8) is 0 Å². The number of hydrogen-bond acceptors (Lipinski definition) is 4. The molecule has 0 atom stereocenters. The number of rotatable bonds is 7. The summed E-state index contributed by atoms with van der Waals surface area (Å²) in [6.45, 7) is 1.51. The number of amides is 2. The lowest BCUT2D eigenvalue weighted by atomic mass is 10.1. The van der Waals surface area contributed by atoms with Gasteiger partial charge >= 0.3 is 0 Å². The molecule has 2 N–H and O–H groups in total. The highest BCUT2D eigenvalue weighted by molar-refractivity contribution is 6.42. The predicted octanol–water partition coefficient (Wildman–Crippen LogP) is 3.67. The molecule has 2 aromatic rings. The average Bonchev–Trinajstić information content (AvgIpc) is 2.71. The molecule has 0 aliphatic heterocycles. The van der Waals surface area contributed by atoms with Crippen LogP contribution >= 0.6 is 23.2 Å². The third-order valence-electron chi connectivity index (χ3n) is 3.65. The number of carbonyl (C=O) groups is 2. The summed E-state index contributed by atoms with van der Waals surface area (Å²) in [5.74, 6) is -0.114. The fourth-order valence-corrected chi connectivity index (χ4v) is 2.38. The van der Waals surface area contributed by atoms with Crippen molar-refractivity contribution >= 4 is 46.8 Å². The Labute approximate surface area is 173 Å². The minimum Gasteiger partial charge on any atom is -0.497 e. The van der Waals surface area contributed by atoms with Crippen molar-refractivity contribution in [2.24, 2.45) is 5.10 Å². The van der Waals surface area contributed by atoms with Crippen LogP contribution in [-0.2, 0) is 9.59 Å². The van der Waals surface area contributed by atoms with Crippen LogP contribution in [0.3, 0.4) is 0 Å². The summed E-state index contributed by atoms with van der Waals surface area (Å²) in [7, 11) is 1.58. The summed E-state index contributed by atoms with van der Waals surface area (Å²) in [6, 6.07) is 12.3. The van der Waals surface area contributed by atoms with Gasteiger partial charge in [0.1, 0.15) is 5.75 Å². The van der Waals surface area contributed by atoms with Gasteiger partial charge in [0.05, 0.1) is 29.4 Å². The number of carbonyl (C=O) groups excluding carboxylic acids is 2. The minimum absolute atomic E-state index is 0.204. The molecule has 0 aliphatic carbocycles. The summed E-state index contributed by atoms with van der Waals surface area (Å²) >= 11 is 11.8. The van der Waals surface area contributed by atoms with E-state index in [0.29, 0.717) is 15.8 Å². The summed E-state index contributed by atoms with van der Waals surface area (Å²) < 4.78 is 5.07. The molecule has 6 nitrogen and oxygen atoms in total. The molecule has 0 aromatic heterocycles. The van der Waals surface area contributed by atoms with E-state index in [9.17, 15) is 9.59 Å². The fourth-order valence-electron chi connectivity index (χ4n) is 2.08. The van der Waals surface area contributed by atoms with E-state index in [2.05, 4.69) is 15.8 Å². The Morgan fingerprint density at radius 3 is 2.46 bits per heavy atom. The fraction of sp³-hybridized carbons (Fsp3) is 0.150. The molecular weight excluding hydrogens is 401 g/mol. The Balaban J connectivity index is 1.81. The smallest absolute Gasteiger partial charge is 0.259 e. The number of nitrogens with one attached hydrogen (secondary N) is 2. The highest BCUT2D eigenvalue weighted by Gasteiger charge is 2.05. The van der Waals surface area contributed by atoms with Crippen LogP contribution in [0.5, 0.6) is 5.75 Å². The molecular formula is C20H19Cl2N3O3. The Bertz CT molecular complexity index is 909. The highest BCUT2D eigenvalue weighted by atomic mass is 35.5. The Hall–Kier alpha value is -2.83. The van der Waals surface area contributed by atoms with Crippen molar-refractivity contribution in [2.75, 3.05) is 13.7 Å². The Morgan fingerprint density at radius 2 is 1.82 bits per heavy atom. The average molecular weight is 420 g/mol. The number of halogens is 2. The number of methoxy groups -OCH3 is 1. The molecule has 2 rings (SSSR count). The summed E-state index contributed by atoms with van der Waals surface area (Å²) in [5, 5.41) is 7.31. The van der Waals surface area contributed by atoms with E-state index in [1.807, 2.05) is 12.1 Å². The van der Waals surface area contributed by atoms with E-state index < -0.39 is 11.8 Å². The SMILES string of the molecule is COc1ccc(C=CC(=O)NCC(=O)NN=C(C)c2ccc(Cl)c(Cl)c2)cc1. The van der Waals surface area contributed by atoms with Crippen LogP contribution in [0.25, 0.3) is 6.08 Å². The molecule has 146 valence electrons. The maximum Gasteiger partial charge on any atom is 0.259 e. The van der Waals surface area contributed by atoms with Gasteiger partial charge in [-0.05, 0) is 48.4 Å². The van der Waals surface area contributed by atoms with E-state index >= 15 is 0 Å². The zero-order valence-corrected chi connectivity index (χ0v) is 16.8. The largest absolute Gasteiger partial charge is 0.497 e. The van der Waals surface area contributed by atoms with Crippen LogP contribution in [0.1, 0.15) is 18.1 Å². The molecule has 0 bridgehead atoms. The van der Waals surface area contributed by atoms with E-state index in [0.717, 1.165) is 16.9 Å². The molecule has 28 heavy (non-hydrogen) atoms. The van der Waals surface area contributed by atoms with Gasteiger partial charge in [0.25, 0.3) is 5.91 Å². The molecule has 0 unspecified atom stereocenters. The van der Waals surface area contributed by atoms with Crippen molar-refractivity contribution in [3.8, 4) is 5.75 Å². The second-order valence-corrected chi connectivity index (χ2v) is 6.50. The number of benzene rings is 2. The third-order valence-corrected chi connectivity index (χ3v) is 4.39. The van der Waals surface area contributed by atoms with E-state index in [1.54, 1.807) is 50.4 Å². The lowest BCUT2D eigenvalue weighted by Gasteiger charge is -2.05. The van der Waals surface area contributed by atoms with Crippen LogP contribution in [0.2, 0.25) is 10.0 Å². The third kappa shape index (κ3) is 6.72. The standard InChI is InChI=1S/C20H19Cl2N3O3/c1-13(15-6-9-17(21)18(22)11-15)24-25-20(27)12-23-19(26)10-5-14-3-7-16(28-2)8-4-14/h3-11H,12H2,1-2H3,(H,23,26)(H,25,27). The highest BCUT2D eigenvalue weighted by Crippen LogP contribution is 2.22. The van der Waals surface area contributed by atoms with Gasteiger partial charge in [0.15, 0.2) is 0 Å². The predicted molar refractivity (Wildman–Crippen MR) is 112 cm³/mol. The molecule has 0 heterocycles. The molecule has 0 radical (unpaired) electrons. The monoisotopic (exact) mass is 419 g/mol. The minimum atomic E-state index is -0.453. The number of ether oxygens (including phenoxy) is 1. The number of nitrogens with zero attached hydrogens (tertiary/aromatic N) is 1. The first-order chi connectivity index (χ1) is 13.4. The van der Waals surface area contributed by atoms with Gasteiger partial charge in [-0.3, -0.25) is 9.59 Å². The lowest BCUT2D eigenvalue weighted by molar-refractivity contribution is -0.123. The van der Waals surface area contributed by atoms with Gasteiger partial charge in [0.2, 0.25) is 5.91 Å². The van der Waals surface area contributed by atoms with Gasteiger partial charge in [-0.2, -0.15) is 5.10 Å². The molecule has 8 heteroatoms. The Kier molecular flexibility index (Phi) is 8.04. The van der Waals surface area contributed by atoms with E-state index in [4.69, 9.17) is 27.9 Å². The molecule has 0 saturated carbocycles. The van der Waals surface area contributed by atoms with Gasteiger partial charge in [-0.25, -0.2) is 5.43 Å². The van der Waals surface area contributed by atoms with Crippen LogP contribution in [0, 0.1) is 0 Å². The normalized spacial score (nSPS) is 11.4. The van der Waals surface area contributed by atoms with Crippen molar-refractivity contribution < 1.29 is 14.3 Å². The van der Waals surface area contributed by atoms with Crippen molar-refractivity contribution in [2.45, 2.75) is 6.92 Å². The molecule has 0 fully saturated rings. The van der Waals surface area contributed by atoms with Crippen molar-refractivity contribution in [3.05, 3.63) is 69.7 Å². The van der Waals surface area contributed by atoms with Gasteiger partial charge in [-0.15, -0.1) is 0 Å². The summed E-state index contributed by atoms with van der Waals surface area (Å²) in [5.41, 5.74) is 4.49. The Morgan fingerprint density at radius 1 is 1.11 bits per heavy atom. The molecule has 2 aromatic carbocycles. The molecule has 2 amide bonds. The lowest BCUT2D eigenvalue weighted by Crippen LogP contribution is -2.34. The quantitative estimate of drug-likeness (QED) is 0.408. The first kappa shape index (κ1) is 21.5. The molecule has 0 spiro atoms. The number of hydrogen-bond donors (Lipinski definition) is 2. The van der Waals surface area contributed by atoms with Crippen LogP contribution in [0.15, 0.2) is 53.6 Å². The van der Waals surface area contributed by atoms with E-state index in [-0.39, 0.29) is 6.54 Å². The van der Waals surface area contributed by atoms with Crippen LogP contribution in [-0.4, -0.2) is 31.2 Å². The maximum atomic E-state index is 11.8. The topological polar surface area (TPSA) is 79.8 Å². The second kappa shape index (κ2) is 10.5. The number of hydrazone groups is 1. The van der Waals surface area contributed by atoms with Crippen LogP contribution < -0.4 is 15.5 Å². The first-order valence-corrected chi connectivity index (χ1v) is 9.03. The zero-order chi connectivity index (χ0) is 20.5. The maximum absolute atomic E-state index is 11.8. The van der Waals surface area contributed by atoms with Gasteiger partial charge < -0.3 is 10.1 Å². The van der Waals surface area contributed by atoms with Crippen molar-refractivity contribution in [1.29, 1.82) is 0 Å². The van der Waals surface area contributed by atoms with Gasteiger partial charge in [-0.1, -0.05) is 41.4 Å². The van der Waals surface area contributed by atoms with Crippen LogP contribution in [0.4, 0.5) is 0 Å². The van der Waals surface area contributed by atoms with Gasteiger partial charge in [0, 0.05) is 6.08 Å². The molecule has 0 saturated heterocycles. The summed E-state index contributed by atoms with van der Waals surface area (Å²) in [6.07, 6.45) is 2.98.